The van der Waals surface area contributed by atoms with E-state index < -0.39 is 0 Å². The second kappa shape index (κ2) is 12.9. The zero-order valence-corrected chi connectivity index (χ0v) is 21.6. The Labute approximate surface area is 215 Å². The summed E-state index contributed by atoms with van der Waals surface area (Å²) in [6.07, 6.45) is 1.51. The van der Waals surface area contributed by atoms with Gasteiger partial charge in [0.25, 0.3) is 0 Å². The predicted molar refractivity (Wildman–Crippen MR) is 139 cm³/mol. The molecule has 0 aromatic heterocycles. The Bertz CT molecular complexity index is 1110. The zero-order chi connectivity index (χ0) is 23.6. The first-order valence-corrected chi connectivity index (χ1v) is 12.5. The maximum Gasteiger partial charge on any atom is 0.250 e. The molecule has 9 heteroatoms. The number of hydrogen-bond donors (Lipinski definition) is 1. The van der Waals surface area contributed by atoms with Crippen molar-refractivity contribution in [1.29, 1.82) is 0 Å². The van der Waals surface area contributed by atoms with Gasteiger partial charge in [0.15, 0.2) is 11.5 Å². The highest BCUT2D eigenvalue weighted by Gasteiger charge is 2.13. The van der Waals surface area contributed by atoms with Crippen molar-refractivity contribution in [3.8, 4) is 11.5 Å². The van der Waals surface area contributed by atoms with Crippen molar-refractivity contribution < 1.29 is 14.3 Å². The molecule has 0 saturated carbocycles. The van der Waals surface area contributed by atoms with Crippen molar-refractivity contribution in [1.82, 2.24) is 5.43 Å². The van der Waals surface area contributed by atoms with Crippen LogP contribution in [0.4, 0.5) is 0 Å². The number of rotatable bonds is 10. The fourth-order valence-electron chi connectivity index (χ4n) is 2.69. The van der Waals surface area contributed by atoms with Gasteiger partial charge >= 0.3 is 0 Å². The first kappa shape index (κ1) is 25.4. The minimum atomic E-state index is -0.225. The van der Waals surface area contributed by atoms with E-state index in [9.17, 15) is 4.79 Å². The molecule has 0 unspecified atom stereocenters. The molecular formula is C24H21BrCl2N2O3S. The van der Waals surface area contributed by atoms with Gasteiger partial charge in [-0.25, -0.2) is 5.43 Å². The topological polar surface area (TPSA) is 59.9 Å². The molecule has 0 fully saturated rings. The van der Waals surface area contributed by atoms with Crippen LogP contribution < -0.4 is 14.9 Å². The van der Waals surface area contributed by atoms with Gasteiger partial charge in [-0.15, -0.1) is 11.8 Å². The molecule has 3 aromatic rings. The molecule has 0 atom stereocenters. The van der Waals surface area contributed by atoms with Gasteiger partial charge in [0.2, 0.25) is 5.91 Å². The molecule has 0 spiro atoms. The Morgan fingerprint density at radius 1 is 1.09 bits per heavy atom. The molecule has 1 amide bonds. The minimum Gasteiger partial charge on any atom is -0.490 e. The summed E-state index contributed by atoms with van der Waals surface area (Å²) in [5, 5.41) is 5.07. The largest absolute Gasteiger partial charge is 0.490 e. The van der Waals surface area contributed by atoms with Crippen LogP contribution in [0.15, 0.2) is 75.1 Å². The van der Waals surface area contributed by atoms with Gasteiger partial charge in [-0.05, 0) is 66.6 Å². The molecule has 0 aliphatic heterocycles. The van der Waals surface area contributed by atoms with E-state index in [0.717, 1.165) is 14.9 Å². The number of thioether (sulfide) groups is 1. The molecule has 172 valence electrons. The summed E-state index contributed by atoms with van der Waals surface area (Å²) < 4.78 is 12.6. The summed E-state index contributed by atoms with van der Waals surface area (Å²) in [4.78, 5) is 13.0. The number of amides is 1. The van der Waals surface area contributed by atoms with E-state index in [1.54, 1.807) is 24.3 Å². The summed E-state index contributed by atoms with van der Waals surface area (Å²) in [6.45, 7) is 2.68. The third-order valence-corrected chi connectivity index (χ3v) is 6.29. The zero-order valence-electron chi connectivity index (χ0n) is 17.7. The minimum absolute atomic E-state index is 0.225. The van der Waals surface area contributed by atoms with Crippen LogP contribution in [0.1, 0.15) is 18.1 Å². The van der Waals surface area contributed by atoms with Gasteiger partial charge in [0.05, 0.1) is 23.6 Å². The molecule has 0 heterocycles. The van der Waals surface area contributed by atoms with E-state index >= 15 is 0 Å². The second-order valence-corrected chi connectivity index (χ2v) is 9.52. The molecule has 0 bridgehead atoms. The SMILES string of the molecule is CCOc1cc(/C=N\NC(=O)CSc2ccc(Cl)cc2)cc(Cl)c1OCc1ccc(Br)cc1. The lowest BCUT2D eigenvalue weighted by molar-refractivity contribution is -0.118. The number of ether oxygens (including phenoxy) is 2. The fraction of sp³-hybridized carbons (Fsp3) is 0.167. The first-order chi connectivity index (χ1) is 15.9. The average Bonchev–Trinajstić information content (AvgIpc) is 2.79. The van der Waals surface area contributed by atoms with Crippen LogP contribution in [0, 0.1) is 0 Å². The van der Waals surface area contributed by atoms with Crippen LogP contribution in [0.25, 0.3) is 0 Å². The summed E-state index contributed by atoms with van der Waals surface area (Å²) in [7, 11) is 0. The van der Waals surface area contributed by atoms with Crippen molar-refractivity contribution in [2.45, 2.75) is 18.4 Å². The van der Waals surface area contributed by atoms with Crippen molar-refractivity contribution in [3.63, 3.8) is 0 Å². The third-order valence-electron chi connectivity index (χ3n) is 4.21. The molecule has 0 saturated heterocycles. The summed E-state index contributed by atoms with van der Waals surface area (Å²) in [5.74, 6) is 0.971. The smallest absolute Gasteiger partial charge is 0.250 e. The summed E-state index contributed by atoms with van der Waals surface area (Å²) in [5.41, 5.74) is 4.19. The molecule has 0 radical (unpaired) electrons. The number of nitrogens with one attached hydrogen (secondary N) is 1. The average molecular weight is 568 g/mol. The normalized spacial score (nSPS) is 10.9. The van der Waals surface area contributed by atoms with E-state index in [4.69, 9.17) is 32.7 Å². The number of hydrazone groups is 1. The molecule has 33 heavy (non-hydrogen) atoms. The van der Waals surface area contributed by atoms with Crippen molar-refractivity contribution >= 4 is 63.0 Å². The van der Waals surface area contributed by atoms with Crippen LogP contribution in [0.2, 0.25) is 10.0 Å². The molecule has 0 aliphatic carbocycles. The van der Waals surface area contributed by atoms with Gasteiger partial charge in [0, 0.05) is 14.4 Å². The standard InChI is InChI=1S/C24H21BrCl2N2O3S/c1-2-31-22-12-17(11-21(27)24(22)32-14-16-3-5-18(25)6-4-16)13-28-29-23(30)15-33-20-9-7-19(26)8-10-20/h3-13H,2,14-15H2,1H3,(H,29,30)/b28-13-. The predicted octanol–water partition coefficient (Wildman–Crippen LogP) is 6.98. The quantitative estimate of drug-likeness (QED) is 0.163. The molecule has 5 nitrogen and oxygen atoms in total. The molecule has 0 aliphatic rings. The Morgan fingerprint density at radius 2 is 1.82 bits per heavy atom. The fourth-order valence-corrected chi connectivity index (χ4v) is 4.05. The van der Waals surface area contributed by atoms with Gasteiger partial charge < -0.3 is 9.47 Å². The number of hydrogen-bond acceptors (Lipinski definition) is 5. The lowest BCUT2D eigenvalue weighted by Gasteiger charge is -2.14. The van der Waals surface area contributed by atoms with Crippen molar-refractivity contribution in [2.24, 2.45) is 5.10 Å². The van der Waals surface area contributed by atoms with Gasteiger partial charge in [-0.2, -0.15) is 5.10 Å². The van der Waals surface area contributed by atoms with Crippen molar-refractivity contribution in [2.75, 3.05) is 12.4 Å². The monoisotopic (exact) mass is 566 g/mol. The first-order valence-electron chi connectivity index (χ1n) is 9.98. The van der Waals surface area contributed by atoms with Gasteiger partial charge in [-0.3, -0.25) is 4.79 Å². The molecule has 3 aromatic carbocycles. The summed E-state index contributed by atoms with van der Waals surface area (Å²) >= 11 is 17.1. The van der Waals surface area contributed by atoms with Gasteiger partial charge in [-0.1, -0.05) is 51.3 Å². The maximum absolute atomic E-state index is 12.1. The number of nitrogens with zero attached hydrogens (tertiary/aromatic N) is 1. The molecule has 1 N–H and O–H groups in total. The lowest BCUT2D eigenvalue weighted by Crippen LogP contribution is -2.19. The van der Waals surface area contributed by atoms with Crippen LogP contribution in [0.3, 0.4) is 0 Å². The van der Waals surface area contributed by atoms with Crippen LogP contribution in [-0.4, -0.2) is 24.5 Å². The molecule has 3 rings (SSSR count). The lowest BCUT2D eigenvalue weighted by atomic mass is 10.2. The Hall–Kier alpha value is -2.19. The van der Waals surface area contributed by atoms with Crippen LogP contribution in [-0.2, 0) is 11.4 Å². The van der Waals surface area contributed by atoms with Crippen LogP contribution >= 0.6 is 50.9 Å². The highest BCUT2D eigenvalue weighted by atomic mass is 79.9. The number of benzene rings is 3. The van der Waals surface area contributed by atoms with Crippen molar-refractivity contribution in [3.05, 3.63) is 86.3 Å². The Balaban J connectivity index is 1.60. The van der Waals surface area contributed by atoms with E-state index in [0.29, 0.717) is 40.3 Å². The highest BCUT2D eigenvalue weighted by molar-refractivity contribution is 9.10. The van der Waals surface area contributed by atoms with Crippen LogP contribution in [0.5, 0.6) is 11.5 Å². The Morgan fingerprint density at radius 3 is 2.52 bits per heavy atom. The Kier molecular flexibility index (Phi) is 9.94. The highest BCUT2D eigenvalue weighted by Crippen LogP contribution is 2.37. The van der Waals surface area contributed by atoms with E-state index in [1.165, 1.54) is 18.0 Å². The maximum atomic E-state index is 12.1. The number of halogens is 3. The number of carbonyl (C=O) groups excluding carboxylic acids is 1. The molecular weight excluding hydrogens is 547 g/mol. The summed E-state index contributed by atoms with van der Waals surface area (Å²) in [6, 6.07) is 18.6. The second-order valence-electron chi connectivity index (χ2n) is 6.71. The number of carbonyl (C=O) groups is 1. The van der Waals surface area contributed by atoms with E-state index in [-0.39, 0.29) is 11.7 Å². The third kappa shape index (κ3) is 8.27. The van der Waals surface area contributed by atoms with E-state index in [2.05, 4.69) is 26.5 Å². The van der Waals surface area contributed by atoms with E-state index in [1.807, 2.05) is 43.3 Å². The van der Waals surface area contributed by atoms with Gasteiger partial charge in [0.1, 0.15) is 6.61 Å².